The molecule has 3 aromatic rings. The highest BCUT2D eigenvalue weighted by atomic mass is 32.2. The van der Waals surface area contributed by atoms with Crippen molar-refractivity contribution in [2.45, 2.75) is 17.8 Å². The lowest BCUT2D eigenvalue weighted by Crippen LogP contribution is -2.18. The number of alkyl halides is 3. The summed E-state index contributed by atoms with van der Waals surface area (Å²) in [5, 5.41) is 4.03. The van der Waals surface area contributed by atoms with Crippen molar-refractivity contribution in [1.82, 2.24) is 14.8 Å². The molecule has 0 atom stereocenters. The molecule has 0 aliphatic rings. The number of anilines is 1. The van der Waals surface area contributed by atoms with Gasteiger partial charge in [-0.1, -0.05) is 12.1 Å². The van der Waals surface area contributed by atoms with Crippen molar-refractivity contribution in [3.8, 4) is 5.75 Å². The number of hydrogen-bond acceptors (Lipinski definition) is 5. The Bertz CT molecular complexity index is 1020. The van der Waals surface area contributed by atoms with Crippen LogP contribution in [-0.4, -0.2) is 29.5 Å². The summed E-state index contributed by atoms with van der Waals surface area (Å²) >= 11 is 0. The molecule has 142 valence electrons. The van der Waals surface area contributed by atoms with Gasteiger partial charge < -0.3 is 4.74 Å². The molecule has 2 aromatic heterocycles. The molecule has 0 fully saturated rings. The van der Waals surface area contributed by atoms with Gasteiger partial charge in [0.25, 0.3) is 10.0 Å². The zero-order chi connectivity index (χ0) is 19.5. The largest absolute Gasteiger partial charge is 0.573 e. The standard InChI is InChI=1S/C16H13F3N4O3S/c17-16(18,19)26-14-5-3-6-15(8-14)27(24,25)22-13-9-21-23(11-13)10-12-4-1-2-7-20-12/h1-9,11,22H,10H2. The molecular formula is C16H13F3N4O3S. The summed E-state index contributed by atoms with van der Waals surface area (Å²) in [6.45, 7) is 0.331. The van der Waals surface area contributed by atoms with Crippen LogP contribution < -0.4 is 9.46 Å². The quantitative estimate of drug-likeness (QED) is 0.690. The fraction of sp³-hybridized carbons (Fsp3) is 0.125. The first kappa shape index (κ1) is 18.7. The molecule has 11 heteroatoms. The molecule has 0 saturated heterocycles. The topological polar surface area (TPSA) is 86.1 Å². The Morgan fingerprint density at radius 2 is 1.96 bits per heavy atom. The van der Waals surface area contributed by atoms with E-state index in [1.165, 1.54) is 17.1 Å². The SMILES string of the molecule is O=S(=O)(Nc1cnn(Cc2ccccn2)c1)c1cccc(OC(F)(F)F)c1. The summed E-state index contributed by atoms with van der Waals surface area (Å²) < 4.78 is 69.1. The number of ether oxygens (including phenoxy) is 1. The van der Waals surface area contributed by atoms with Gasteiger partial charge in [0, 0.05) is 18.5 Å². The Balaban J connectivity index is 1.74. The van der Waals surface area contributed by atoms with Gasteiger partial charge in [0.1, 0.15) is 5.75 Å². The van der Waals surface area contributed by atoms with Gasteiger partial charge in [0.2, 0.25) is 0 Å². The van der Waals surface area contributed by atoms with Crippen molar-refractivity contribution < 1.29 is 26.3 Å². The summed E-state index contributed by atoms with van der Waals surface area (Å²) in [5.41, 5.74) is 0.889. The lowest BCUT2D eigenvalue weighted by atomic mass is 10.3. The number of nitrogens with zero attached hydrogens (tertiary/aromatic N) is 3. The number of benzene rings is 1. The first-order chi connectivity index (χ1) is 12.7. The van der Waals surface area contributed by atoms with Crippen molar-refractivity contribution in [2.24, 2.45) is 0 Å². The van der Waals surface area contributed by atoms with E-state index in [1.54, 1.807) is 18.3 Å². The Kier molecular flexibility index (Phi) is 5.04. The first-order valence-electron chi connectivity index (χ1n) is 7.52. The Morgan fingerprint density at radius 1 is 1.15 bits per heavy atom. The normalized spacial score (nSPS) is 12.0. The van der Waals surface area contributed by atoms with E-state index in [9.17, 15) is 21.6 Å². The number of rotatable bonds is 6. The van der Waals surface area contributed by atoms with Crippen molar-refractivity contribution in [3.05, 3.63) is 66.7 Å². The van der Waals surface area contributed by atoms with Gasteiger partial charge >= 0.3 is 6.36 Å². The highest BCUT2D eigenvalue weighted by Gasteiger charge is 2.31. The van der Waals surface area contributed by atoms with E-state index >= 15 is 0 Å². The van der Waals surface area contributed by atoms with E-state index in [4.69, 9.17) is 0 Å². The lowest BCUT2D eigenvalue weighted by molar-refractivity contribution is -0.274. The second-order valence-electron chi connectivity index (χ2n) is 5.38. The summed E-state index contributed by atoms with van der Waals surface area (Å²) in [6, 6.07) is 9.47. The van der Waals surface area contributed by atoms with Gasteiger partial charge in [-0.15, -0.1) is 13.2 Å². The monoisotopic (exact) mass is 398 g/mol. The maximum Gasteiger partial charge on any atom is 0.573 e. The maximum absolute atomic E-state index is 12.4. The molecule has 7 nitrogen and oxygen atoms in total. The molecule has 0 aliphatic heterocycles. The van der Waals surface area contributed by atoms with Crippen LogP contribution in [0.5, 0.6) is 5.75 Å². The molecule has 0 aliphatic carbocycles. The minimum atomic E-state index is -4.91. The van der Waals surface area contributed by atoms with Crippen molar-refractivity contribution in [2.75, 3.05) is 4.72 Å². The number of hydrogen-bond donors (Lipinski definition) is 1. The van der Waals surface area contributed by atoms with Crippen molar-refractivity contribution in [3.63, 3.8) is 0 Å². The fourth-order valence-corrected chi connectivity index (χ4v) is 3.28. The van der Waals surface area contributed by atoms with E-state index in [1.807, 2.05) is 6.07 Å². The van der Waals surface area contributed by atoms with E-state index in [-0.39, 0.29) is 10.6 Å². The predicted octanol–water partition coefficient (Wildman–Crippen LogP) is 3.03. The van der Waals surface area contributed by atoms with Gasteiger partial charge in [0.15, 0.2) is 0 Å². The van der Waals surface area contributed by atoms with Crippen LogP contribution >= 0.6 is 0 Å². The fourth-order valence-electron chi connectivity index (χ4n) is 2.21. The summed E-state index contributed by atoms with van der Waals surface area (Å²) in [5.74, 6) is -0.628. The molecule has 0 unspecified atom stereocenters. The Morgan fingerprint density at radius 3 is 2.67 bits per heavy atom. The number of aromatic nitrogens is 3. The van der Waals surface area contributed by atoms with Gasteiger partial charge in [-0.25, -0.2) is 8.42 Å². The summed E-state index contributed by atoms with van der Waals surface area (Å²) in [7, 11) is -4.12. The number of sulfonamides is 1. The average molecular weight is 398 g/mol. The maximum atomic E-state index is 12.4. The van der Waals surface area contributed by atoms with E-state index < -0.39 is 22.1 Å². The van der Waals surface area contributed by atoms with E-state index in [0.717, 1.165) is 30.0 Å². The van der Waals surface area contributed by atoms with Crippen molar-refractivity contribution in [1.29, 1.82) is 0 Å². The highest BCUT2D eigenvalue weighted by Crippen LogP contribution is 2.25. The molecule has 1 aromatic carbocycles. The van der Waals surface area contributed by atoms with Crippen LogP contribution in [0.1, 0.15) is 5.69 Å². The molecular weight excluding hydrogens is 385 g/mol. The average Bonchev–Trinajstić information content (AvgIpc) is 3.00. The predicted molar refractivity (Wildman–Crippen MR) is 89.5 cm³/mol. The zero-order valence-corrected chi connectivity index (χ0v) is 14.4. The number of nitrogens with one attached hydrogen (secondary N) is 1. The minimum Gasteiger partial charge on any atom is -0.406 e. The third-order valence-corrected chi connectivity index (χ3v) is 4.66. The second kappa shape index (κ2) is 7.27. The van der Waals surface area contributed by atoms with Crippen LogP contribution in [0, 0.1) is 0 Å². The van der Waals surface area contributed by atoms with Gasteiger partial charge in [-0.2, -0.15) is 5.10 Å². The third-order valence-electron chi connectivity index (χ3n) is 3.28. The highest BCUT2D eigenvalue weighted by molar-refractivity contribution is 7.92. The molecule has 0 bridgehead atoms. The summed E-state index contributed by atoms with van der Waals surface area (Å²) in [4.78, 5) is 3.77. The lowest BCUT2D eigenvalue weighted by Gasteiger charge is -2.10. The van der Waals surface area contributed by atoms with Crippen molar-refractivity contribution >= 4 is 15.7 Å². The van der Waals surface area contributed by atoms with E-state index in [0.29, 0.717) is 6.54 Å². The first-order valence-corrected chi connectivity index (χ1v) is 9.01. The minimum absolute atomic E-state index is 0.160. The van der Waals surface area contributed by atoms with Crippen LogP contribution in [-0.2, 0) is 16.6 Å². The van der Waals surface area contributed by atoms with Crippen LogP contribution in [0.25, 0.3) is 0 Å². The van der Waals surface area contributed by atoms with Crippen LogP contribution in [0.3, 0.4) is 0 Å². The van der Waals surface area contributed by atoms with Crippen LogP contribution in [0.4, 0.5) is 18.9 Å². The van der Waals surface area contributed by atoms with Crippen LogP contribution in [0.15, 0.2) is 66.0 Å². The third kappa shape index (κ3) is 5.20. The molecule has 3 rings (SSSR count). The Hall–Kier alpha value is -3.08. The Labute approximate surface area is 152 Å². The molecule has 0 amide bonds. The second-order valence-corrected chi connectivity index (χ2v) is 7.06. The van der Waals surface area contributed by atoms with Gasteiger partial charge in [-0.3, -0.25) is 14.4 Å². The summed E-state index contributed by atoms with van der Waals surface area (Å²) in [6.07, 6.45) is -0.556. The number of halogens is 3. The smallest absolute Gasteiger partial charge is 0.406 e. The molecule has 1 N–H and O–H groups in total. The van der Waals surface area contributed by atoms with E-state index in [2.05, 4.69) is 19.5 Å². The number of pyridine rings is 1. The molecule has 27 heavy (non-hydrogen) atoms. The molecule has 2 heterocycles. The zero-order valence-electron chi connectivity index (χ0n) is 13.6. The molecule has 0 spiro atoms. The molecule has 0 radical (unpaired) electrons. The van der Waals surface area contributed by atoms with Gasteiger partial charge in [-0.05, 0) is 24.3 Å². The molecule has 0 saturated carbocycles. The van der Waals surface area contributed by atoms with Crippen LogP contribution in [0.2, 0.25) is 0 Å². The van der Waals surface area contributed by atoms with Gasteiger partial charge in [0.05, 0.1) is 29.0 Å².